The number of nitrogens with one attached hydrogen (secondary N) is 3. The molecular weight excluding hydrogens is 338 g/mol. The molecule has 0 bridgehead atoms. The SMILES string of the molecule is O=C(Nc1ccc2c(/C=C/c3cccnc3)n[nH]c2c1)NC1CCCCC1. The standard InChI is InChI=1S/C21H23N5O/c27-21(23-16-6-2-1-3-7-16)24-17-9-10-18-19(25-26-20(18)13-17)11-8-15-5-4-12-22-14-15/h4-5,8-14,16H,1-3,6-7H2,(H,25,26)(H2,23,24,27)/b11-8+. The molecule has 1 aliphatic carbocycles. The van der Waals surface area contributed by atoms with Gasteiger partial charge in [-0.1, -0.05) is 31.4 Å². The van der Waals surface area contributed by atoms with Gasteiger partial charge in [-0.15, -0.1) is 0 Å². The molecule has 27 heavy (non-hydrogen) atoms. The Bertz CT molecular complexity index is 942. The molecule has 1 aromatic carbocycles. The minimum absolute atomic E-state index is 0.141. The van der Waals surface area contributed by atoms with Gasteiger partial charge in [0.2, 0.25) is 0 Å². The van der Waals surface area contributed by atoms with Crippen LogP contribution in [0.1, 0.15) is 43.4 Å². The monoisotopic (exact) mass is 361 g/mol. The number of hydrogen-bond acceptors (Lipinski definition) is 3. The fraction of sp³-hybridized carbons (Fsp3) is 0.286. The minimum Gasteiger partial charge on any atom is -0.335 e. The number of hydrogen-bond donors (Lipinski definition) is 3. The number of H-pyrrole nitrogens is 1. The van der Waals surface area contributed by atoms with Gasteiger partial charge in [0, 0.05) is 29.5 Å². The maximum atomic E-state index is 12.2. The van der Waals surface area contributed by atoms with Crippen LogP contribution in [0.5, 0.6) is 0 Å². The smallest absolute Gasteiger partial charge is 0.319 e. The van der Waals surface area contributed by atoms with Gasteiger partial charge in [0.05, 0.1) is 11.2 Å². The fourth-order valence-electron chi connectivity index (χ4n) is 3.49. The summed E-state index contributed by atoms with van der Waals surface area (Å²) in [6.45, 7) is 0. The summed E-state index contributed by atoms with van der Waals surface area (Å²) in [7, 11) is 0. The number of aromatic amines is 1. The van der Waals surface area contributed by atoms with Crippen molar-refractivity contribution in [2.24, 2.45) is 0 Å². The van der Waals surface area contributed by atoms with Crippen molar-refractivity contribution in [1.29, 1.82) is 0 Å². The molecule has 1 aliphatic rings. The summed E-state index contributed by atoms with van der Waals surface area (Å²) in [5, 5.41) is 14.4. The summed E-state index contributed by atoms with van der Waals surface area (Å²) >= 11 is 0. The fourth-order valence-corrected chi connectivity index (χ4v) is 3.49. The highest BCUT2D eigenvalue weighted by Crippen LogP contribution is 2.22. The van der Waals surface area contributed by atoms with Crippen LogP contribution in [0.15, 0.2) is 42.7 Å². The number of urea groups is 1. The normalized spacial score (nSPS) is 15.3. The minimum atomic E-state index is -0.141. The van der Waals surface area contributed by atoms with Gasteiger partial charge in [0.25, 0.3) is 0 Å². The molecule has 0 atom stereocenters. The number of benzene rings is 1. The largest absolute Gasteiger partial charge is 0.335 e. The molecule has 0 saturated heterocycles. The summed E-state index contributed by atoms with van der Waals surface area (Å²) in [4.78, 5) is 16.3. The average molecular weight is 361 g/mol. The predicted octanol–water partition coefficient (Wildman–Crippen LogP) is 4.58. The molecule has 6 heteroatoms. The quantitative estimate of drug-likeness (QED) is 0.636. The second-order valence-electron chi connectivity index (χ2n) is 6.92. The van der Waals surface area contributed by atoms with E-state index in [1.54, 1.807) is 12.4 Å². The molecule has 3 aromatic rings. The van der Waals surface area contributed by atoms with Crippen LogP contribution < -0.4 is 10.6 Å². The molecular formula is C21H23N5O. The van der Waals surface area contributed by atoms with Gasteiger partial charge in [-0.3, -0.25) is 10.1 Å². The summed E-state index contributed by atoms with van der Waals surface area (Å²) < 4.78 is 0. The third kappa shape index (κ3) is 4.34. The zero-order valence-electron chi connectivity index (χ0n) is 15.1. The van der Waals surface area contributed by atoms with Crippen molar-refractivity contribution in [2.75, 3.05) is 5.32 Å². The third-order valence-electron chi connectivity index (χ3n) is 4.91. The maximum Gasteiger partial charge on any atom is 0.319 e. The van der Waals surface area contributed by atoms with E-state index in [1.165, 1.54) is 19.3 Å². The second-order valence-corrected chi connectivity index (χ2v) is 6.92. The van der Waals surface area contributed by atoms with Crippen LogP contribution >= 0.6 is 0 Å². The first-order chi connectivity index (χ1) is 13.3. The lowest BCUT2D eigenvalue weighted by Crippen LogP contribution is -2.38. The Hall–Kier alpha value is -3.15. The Morgan fingerprint density at radius 3 is 2.85 bits per heavy atom. The van der Waals surface area contributed by atoms with E-state index in [0.717, 1.165) is 40.7 Å². The topological polar surface area (TPSA) is 82.7 Å². The maximum absolute atomic E-state index is 12.2. The van der Waals surface area contributed by atoms with Gasteiger partial charge < -0.3 is 10.6 Å². The second kappa shape index (κ2) is 8.03. The highest BCUT2D eigenvalue weighted by molar-refractivity contribution is 5.95. The van der Waals surface area contributed by atoms with Crippen LogP contribution in [-0.2, 0) is 0 Å². The van der Waals surface area contributed by atoms with Crippen molar-refractivity contribution in [2.45, 2.75) is 38.1 Å². The van der Waals surface area contributed by atoms with Crippen molar-refractivity contribution in [3.63, 3.8) is 0 Å². The molecule has 1 fully saturated rings. The van der Waals surface area contributed by atoms with Crippen molar-refractivity contribution >= 4 is 34.8 Å². The molecule has 1 saturated carbocycles. The van der Waals surface area contributed by atoms with Crippen LogP contribution in [-0.4, -0.2) is 27.3 Å². The number of aromatic nitrogens is 3. The first-order valence-electron chi connectivity index (χ1n) is 9.42. The number of carbonyl (C=O) groups excluding carboxylic acids is 1. The van der Waals surface area contributed by atoms with Crippen LogP contribution in [0.25, 0.3) is 23.1 Å². The van der Waals surface area contributed by atoms with Gasteiger partial charge in [-0.2, -0.15) is 5.10 Å². The van der Waals surface area contributed by atoms with E-state index >= 15 is 0 Å². The number of pyridine rings is 1. The van der Waals surface area contributed by atoms with Crippen molar-refractivity contribution in [3.8, 4) is 0 Å². The summed E-state index contributed by atoms with van der Waals surface area (Å²) in [5.41, 5.74) is 3.51. The molecule has 2 amide bonds. The third-order valence-corrected chi connectivity index (χ3v) is 4.91. The first-order valence-corrected chi connectivity index (χ1v) is 9.42. The lowest BCUT2D eigenvalue weighted by Gasteiger charge is -2.22. The zero-order chi connectivity index (χ0) is 18.5. The van der Waals surface area contributed by atoms with E-state index in [-0.39, 0.29) is 6.03 Å². The van der Waals surface area contributed by atoms with Gasteiger partial charge in [-0.25, -0.2) is 4.79 Å². The van der Waals surface area contributed by atoms with E-state index in [4.69, 9.17) is 0 Å². The van der Waals surface area contributed by atoms with Gasteiger partial charge >= 0.3 is 6.03 Å². The molecule has 2 aromatic heterocycles. The first kappa shape index (κ1) is 17.3. The number of carbonyl (C=O) groups is 1. The highest BCUT2D eigenvalue weighted by Gasteiger charge is 2.15. The molecule has 6 nitrogen and oxygen atoms in total. The number of nitrogens with zero attached hydrogens (tertiary/aromatic N) is 2. The molecule has 2 heterocycles. The molecule has 0 aliphatic heterocycles. The van der Waals surface area contributed by atoms with Crippen molar-refractivity contribution in [1.82, 2.24) is 20.5 Å². The van der Waals surface area contributed by atoms with E-state index in [2.05, 4.69) is 25.8 Å². The lowest BCUT2D eigenvalue weighted by molar-refractivity contribution is 0.244. The van der Waals surface area contributed by atoms with Gasteiger partial charge in [-0.05, 0) is 48.7 Å². The van der Waals surface area contributed by atoms with Crippen LogP contribution in [0.2, 0.25) is 0 Å². The Morgan fingerprint density at radius 2 is 2.04 bits per heavy atom. The Balaban J connectivity index is 1.44. The number of fused-ring (bicyclic) bond motifs is 1. The van der Waals surface area contributed by atoms with E-state index in [9.17, 15) is 4.79 Å². The average Bonchev–Trinajstić information content (AvgIpc) is 3.10. The molecule has 4 rings (SSSR count). The number of anilines is 1. The Morgan fingerprint density at radius 1 is 1.15 bits per heavy atom. The van der Waals surface area contributed by atoms with Crippen molar-refractivity contribution < 1.29 is 4.79 Å². The number of rotatable bonds is 4. The number of amides is 2. The molecule has 0 unspecified atom stereocenters. The van der Waals surface area contributed by atoms with Crippen molar-refractivity contribution in [3.05, 3.63) is 54.0 Å². The lowest BCUT2D eigenvalue weighted by atomic mass is 9.96. The van der Waals surface area contributed by atoms with Crippen LogP contribution in [0.4, 0.5) is 10.5 Å². The predicted molar refractivity (Wildman–Crippen MR) is 108 cm³/mol. The molecule has 138 valence electrons. The molecule has 3 N–H and O–H groups in total. The summed E-state index contributed by atoms with van der Waals surface area (Å²) in [6, 6.07) is 9.82. The van der Waals surface area contributed by atoms with E-state index in [1.807, 2.05) is 42.5 Å². The molecule has 0 spiro atoms. The van der Waals surface area contributed by atoms with Gasteiger partial charge in [0.15, 0.2) is 0 Å². The van der Waals surface area contributed by atoms with Crippen LogP contribution in [0, 0.1) is 0 Å². The Kier molecular flexibility index (Phi) is 5.14. The highest BCUT2D eigenvalue weighted by atomic mass is 16.2. The zero-order valence-corrected chi connectivity index (χ0v) is 15.1. The van der Waals surface area contributed by atoms with E-state index < -0.39 is 0 Å². The summed E-state index contributed by atoms with van der Waals surface area (Å²) in [6.07, 6.45) is 13.3. The van der Waals surface area contributed by atoms with Crippen LogP contribution in [0.3, 0.4) is 0 Å². The molecule has 0 radical (unpaired) electrons. The van der Waals surface area contributed by atoms with Gasteiger partial charge in [0.1, 0.15) is 0 Å². The summed E-state index contributed by atoms with van der Waals surface area (Å²) in [5.74, 6) is 0. The Labute approximate surface area is 158 Å². The van der Waals surface area contributed by atoms with E-state index in [0.29, 0.717) is 6.04 Å².